The second-order valence-corrected chi connectivity index (χ2v) is 6.49. The van der Waals surface area contributed by atoms with Crippen molar-refractivity contribution in [2.45, 2.75) is 25.9 Å². The van der Waals surface area contributed by atoms with Crippen LogP contribution in [0.25, 0.3) is 5.69 Å². The smallest absolute Gasteiger partial charge is 0.292 e. The van der Waals surface area contributed by atoms with Gasteiger partial charge in [0.15, 0.2) is 0 Å². The first kappa shape index (κ1) is 17.3. The Kier molecular flexibility index (Phi) is 5.43. The van der Waals surface area contributed by atoms with E-state index in [0.29, 0.717) is 16.4 Å². The molecule has 5 nitrogen and oxygen atoms in total. The maximum absolute atomic E-state index is 12.6. The number of rotatable bonds is 4. The average Bonchev–Trinajstić information content (AvgIpc) is 2.59. The molecule has 0 bridgehead atoms. The molecule has 1 saturated heterocycles. The first-order chi connectivity index (χ1) is 11.6. The summed E-state index contributed by atoms with van der Waals surface area (Å²) in [6.45, 7) is 4.33. The van der Waals surface area contributed by atoms with Crippen LogP contribution in [-0.4, -0.2) is 35.6 Å². The highest BCUT2D eigenvalue weighted by Gasteiger charge is 2.23. The number of hydrogen-bond donors (Lipinski definition) is 0. The molecule has 2 aromatic rings. The quantitative estimate of drug-likeness (QED) is 0.828. The van der Waals surface area contributed by atoms with E-state index in [-0.39, 0.29) is 16.7 Å². The predicted molar refractivity (Wildman–Crippen MR) is 96.7 cm³/mol. The van der Waals surface area contributed by atoms with E-state index in [4.69, 9.17) is 27.9 Å². The lowest BCUT2D eigenvalue weighted by Gasteiger charge is -2.33. The summed E-state index contributed by atoms with van der Waals surface area (Å²) in [5.41, 5.74) is 0.984. The van der Waals surface area contributed by atoms with Gasteiger partial charge in [0, 0.05) is 24.7 Å². The van der Waals surface area contributed by atoms with Crippen molar-refractivity contribution in [1.82, 2.24) is 9.78 Å². The molecule has 7 heteroatoms. The second-order valence-electron chi connectivity index (χ2n) is 5.68. The highest BCUT2D eigenvalue weighted by atomic mass is 35.5. The lowest BCUT2D eigenvalue weighted by Crippen LogP contribution is -2.38. The van der Waals surface area contributed by atoms with Crippen LogP contribution in [0.4, 0.5) is 5.69 Å². The molecule has 1 aromatic carbocycles. The molecule has 0 aliphatic carbocycles. The molecule has 0 radical (unpaired) electrons. The molecule has 0 N–H and O–H groups in total. The van der Waals surface area contributed by atoms with Gasteiger partial charge in [-0.1, -0.05) is 23.2 Å². The summed E-state index contributed by atoms with van der Waals surface area (Å²) in [5.74, 6) is 0. The van der Waals surface area contributed by atoms with Crippen molar-refractivity contribution in [3.8, 4) is 5.69 Å². The van der Waals surface area contributed by atoms with Gasteiger partial charge in [-0.15, -0.1) is 0 Å². The molecule has 0 amide bonds. The van der Waals surface area contributed by atoms with Crippen LogP contribution in [-0.2, 0) is 4.74 Å². The molecule has 1 aliphatic rings. The minimum absolute atomic E-state index is 0.190. The standard InChI is InChI=1S/C17H19Cl2N3O2/c1-2-24-14-7-9-21(10-8-14)15-11-20-22(17(23)16(15)19)13-5-3-12(18)4-6-13/h3-6,11,14H,2,7-10H2,1H3. The van der Waals surface area contributed by atoms with Gasteiger partial charge in [0.2, 0.25) is 0 Å². The van der Waals surface area contributed by atoms with Gasteiger partial charge in [-0.3, -0.25) is 4.79 Å². The van der Waals surface area contributed by atoms with Crippen molar-refractivity contribution in [3.05, 3.63) is 50.9 Å². The minimum Gasteiger partial charge on any atom is -0.378 e. The zero-order chi connectivity index (χ0) is 17.1. The Morgan fingerprint density at radius 2 is 1.88 bits per heavy atom. The van der Waals surface area contributed by atoms with Gasteiger partial charge < -0.3 is 9.64 Å². The van der Waals surface area contributed by atoms with Crippen LogP contribution < -0.4 is 10.5 Å². The summed E-state index contributed by atoms with van der Waals surface area (Å²) >= 11 is 12.2. The Bertz CT molecular complexity index is 753. The third-order valence-corrected chi connectivity index (χ3v) is 4.76. The first-order valence-electron chi connectivity index (χ1n) is 8.00. The molecule has 0 atom stereocenters. The molecule has 0 saturated carbocycles. The van der Waals surface area contributed by atoms with Crippen LogP contribution >= 0.6 is 23.2 Å². The number of benzene rings is 1. The van der Waals surface area contributed by atoms with Gasteiger partial charge in [-0.2, -0.15) is 9.78 Å². The van der Waals surface area contributed by atoms with Crippen LogP contribution in [0, 0.1) is 0 Å². The summed E-state index contributed by atoms with van der Waals surface area (Å²) in [6.07, 6.45) is 3.78. The van der Waals surface area contributed by atoms with Gasteiger partial charge in [-0.05, 0) is 44.0 Å². The predicted octanol–water partition coefficient (Wildman–Crippen LogP) is 3.54. The Morgan fingerprint density at radius 3 is 2.50 bits per heavy atom. The zero-order valence-corrected chi connectivity index (χ0v) is 14.9. The molecular weight excluding hydrogens is 349 g/mol. The highest BCUT2D eigenvalue weighted by molar-refractivity contribution is 6.33. The van der Waals surface area contributed by atoms with Crippen LogP contribution in [0.2, 0.25) is 10.0 Å². The van der Waals surface area contributed by atoms with E-state index in [1.165, 1.54) is 4.68 Å². The van der Waals surface area contributed by atoms with E-state index in [1.54, 1.807) is 30.5 Å². The van der Waals surface area contributed by atoms with E-state index in [0.717, 1.165) is 32.5 Å². The Labute approximate surface area is 150 Å². The third kappa shape index (κ3) is 3.58. The molecule has 0 spiro atoms. The van der Waals surface area contributed by atoms with E-state index >= 15 is 0 Å². The molecule has 128 valence electrons. The second kappa shape index (κ2) is 7.55. The summed E-state index contributed by atoms with van der Waals surface area (Å²) in [4.78, 5) is 14.7. The van der Waals surface area contributed by atoms with Crippen LogP contribution in [0.3, 0.4) is 0 Å². The largest absolute Gasteiger partial charge is 0.378 e. The number of ether oxygens (including phenoxy) is 1. The number of piperidine rings is 1. The molecule has 2 heterocycles. The summed E-state index contributed by atoms with van der Waals surface area (Å²) in [6, 6.07) is 6.90. The van der Waals surface area contributed by atoms with Crippen LogP contribution in [0.15, 0.2) is 35.3 Å². The SMILES string of the molecule is CCOC1CCN(c2cnn(-c3ccc(Cl)cc3)c(=O)c2Cl)CC1. The average molecular weight is 368 g/mol. The maximum Gasteiger partial charge on any atom is 0.292 e. The molecule has 24 heavy (non-hydrogen) atoms. The van der Waals surface area contributed by atoms with Gasteiger partial charge >= 0.3 is 0 Å². The normalized spacial score (nSPS) is 15.7. The number of anilines is 1. The van der Waals surface area contributed by atoms with E-state index in [1.807, 2.05) is 6.92 Å². The maximum atomic E-state index is 12.6. The van der Waals surface area contributed by atoms with Crippen molar-refractivity contribution in [2.24, 2.45) is 0 Å². The minimum atomic E-state index is -0.330. The fraction of sp³-hybridized carbons (Fsp3) is 0.412. The molecule has 1 aliphatic heterocycles. The van der Waals surface area contributed by atoms with E-state index in [9.17, 15) is 4.79 Å². The first-order valence-corrected chi connectivity index (χ1v) is 8.76. The highest BCUT2D eigenvalue weighted by Crippen LogP contribution is 2.26. The van der Waals surface area contributed by atoms with Crippen molar-refractivity contribution < 1.29 is 4.74 Å². The lowest BCUT2D eigenvalue weighted by molar-refractivity contribution is 0.0459. The lowest BCUT2D eigenvalue weighted by atomic mass is 10.1. The molecule has 0 unspecified atom stereocenters. The number of aromatic nitrogens is 2. The Balaban J connectivity index is 1.83. The fourth-order valence-corrected chi connectivity index (χ4v) is 3.28. The van der Waals surface area contributed by atoms with Gasteiger partial charge in [0.25, 0.3) is 5.56 Å². The van der Waals surface area contributed by atoms with Crippen LogP contribution in [0.5, 0.6) is 0 Å². The van der Waals surface area contributed by atoms with E-state index < -0.39 is 0 Å². The number of hydrogen-bond acceptors (Lipinski definition) is 4. The molecule has 1 aromatic heterocycles. The van der Waals surface area contributed by atoms with E-state index in [2.05, 4.69) is 10.00 Å². The number of nitrogens with zero attached hydrogens (tertiary/aromatic N) is 3. The summed E-state index contributed by atoms with van der Waals surface area (Å²) in [7, 11) is 0. The van der Waals surface area contributed by atoms with Gasteiger partial charge in [0.05, 0.1) is 23.7 Å². The molecular formula is C17H19Cl2N3O2. The van der Waals surface area contributed by atoms with Gasteiger partial charge in [-0.25, -0.2) is 0 Å². The third-order valence-electron chi connectivity index (χ3n) is 4.16. The monoisotopic (exact) mass is 367 g/mol. The van der Waals surface area contributed by atoms with Crippen molar-refractivity contribution in [3.63, 3.8) is 0 Å². The van der Waals surface area contributed by atoms with Gasteiger partial charge in [0.1, 0.15) is 5.02 Å². The fourth-order valence-electron chi connectivity index (χ4n) is 2.91. The number of halogens is 2. The molecule has 1 fully saturated rings. The summed E-state index contributed by atoms with van der Waals surface area (Å²) in [5, 5.41) is 5.07. The van der Waals surface area contributed by atoms with Crippen LogP contribution in [0.1, 0.15) is 19.8 Å². The molecule has 3 rings (SSSR count). The Hall–Kier alpha value is -1.56. The zero-order valence-electron chi connectivity index (χ0n) is 13.4. The Morgan fingerprint density at radius 1 is 1.21 bits per heavy atom. The van der Waals surface area contributed by atoms with Crippen molar-refractivity contribution in [1.29, 1.82) is 0 Å². The topological polar surface area (TPSA) is 47.4 Å². The summed E-state index contributed by atoms with van der Waals surface area (Å²) < 4.78 is 6.94. The van der Waals surface area contributed by atoms with Crippen molar-refractivity contribution in [2.75, 3.05) is 24.6 Å². The van der Waals surface area contributed by atoms with Crippen molar-refractivity contribution >= 4 is 28.9 Å².